The van der Waals surface area contributed by atoms with Gasteiger partial charge in [0.05, 0.1) is 0 Å². The van der Waals surface area contributed by atoms with E-state index >= 15 is 0 Å². The van der Waals surface area contributed by atoms with E-state index in [1.54, 1.807) is 0 Å². The summed E-state index contributed by atoms with van der Waals surface area (Å²) >= 11 is 0. The van der Waals surface area contributed by atoms with Crippen LogP contribution in [0, 0.1) is 0 Å². The molecule has 6 nitrogen and oxygen atoms in total. The Morgan fingerprint density at radius 3 is 0.231 bits per heavy atom. The summed E-state index contributed by atoms with van der Waals surface area (Å²) in [6, 6.07) is 0. The second-order valence-corrected chi connectivity index (χ2v) is 0. The minimum absolute atomic E-state index is 0. The van der Waals surface area contributed by atoms with Gasteiger partial charge in [0.15, 0.2) is 0 Å². The van der Waals surface area contributed by atoms with Crippen LogP contribution in [0.2, 0.25) is 0 Å². The largest absolute Gasteiger partial charge is 1.00 e. The molecule has 0 unspecified atom stereocenters. The minimum Gasteiger partial charge on any atom is -0.870 e. The molecule has 58 valence electrons. The van der Waals surface area contributed by atoms with Gasteiger partial charge in [-0.05, 0) is 0 Å². The first kappa shape index (κ1) is 159. The van der Waals surface area contributed by atoms with Crippen molar-refractivity contribution in [2.75, 3.05) is 0 Å². The fourth-order valence-corrected chi connectivity index (χ4v) is 0. The van der Waals surface area contributed by atoms with Crippen LogP contribution in [-0.4, -0.2) is 32.9 Å². The molecule has 0 atom stereocenters. The van der Waals surface area contributed by atoms with Crippen molar-refractivity contribution in [2.24, 2.45) is 0 Å². The number of hydrogen-bond donors (Lipinski definition) is 0. The Bertz CT molecular complexity index is 17.1. The van der Waals surface area contributed by atoms with Crippen molar-refractivity contribution in [2.45, 2.75) is 0 Å². The quantitative estimate of drug-likeness (QED) is 0.341. The zero-order valence-corrected chi connectivity index (χ0v) is 23.3. The van der Waals surface area contributed by atoms with E-state index in [0.717, 1.165) is 0 Å². The van der Waals surface area contributed by atoms with Crippen molar-refractivity contribution in [3.05, 3.63) is 0 Å². The molecule has 0 aliphatic rings. The van der Waals surface area contributed by atoms with Gasteiger partial charge in [0.2, 0.25) is 0 Å². The Kier molecular flexibility index (Phi) is 1650. The molecular formula is H6Na6O6Pt. The van der Waals surface area contributed by atoms with E-state index in [9.17, 15) is 0 Å². The first-order valence-electron chi connectivity index (χ1n) is 0. The molecular weight excluding hydrogens is 429 g/mol. The second kappa shape index (κ2) is 135. The molecule has 0 aromatic heterocycles. The summed E-state index contributed by atoms with van der Waals surface area (Å²) in [5, 5.41) is 0. The van der Waals surface area contributed by atoms with Gasteiger partial charge in [0.25, 0.3) is 0 Å². The van der Waals surface area contributed by atoms with Crippen molar-refractivity contribution in [1.82, 2.24) is 0 Å². The van der Waals surface area contributed by atoms with Gasteiger partial charge in [-0.3, -0.25) is 0 Å². The third-order valence-corrected chi connectivity index (χ3v) is 0. The molecule has 13 heavy (non-hydrogen) atoms. The van der Waals surface area contributed by atoms with Crippen LogP contribution >= 0.6 is 0 Å². The molecule has 0 saturated heterocycles. The number of hydrogen-bond acceptors (Lipinski definition) is 6. The van der Waals surface area contributed by atoms with E-state index in [1.807, 2.05) is 0 Å². The van der Waals surface area contributed by atoms with Crippen LogP contribution in [0.25, 0.3) is 0 Å². The third kappa shape index (κ3) is 120. The fourth-order valence-electron chi connectivity index (χ4n) is 0. The Morgan fingerprint density at radius 1 is 0.231 bits per heavy atom. The summed E-state index contributed by atoms with van der Waals surface area (Å²) in [7, 11) is 0. The average molecular weight is 435 g/mol. The van der Waals surface area contributed by atoms with Crippen LogP contribution in [0.4, 0.5) is 0 Å². The van der Waals surface area contributed by atoms with Crippen molar-refractivity contribution >= 4 is 0 Å². The van der Waals surface area contributed by atoms with E-state index in [1.165, 1.54) is 0 Å². The van der Waals surface area contributed by atoms with Crippen molar-refractivity contribution in [3.63, 3.8) is 0 Å². The maximum Gasteiger partial charge on any atom is 1.00 e. The molecule has 0 radical (unpaired) electrons. The molecule has 0 aromatic carbocycles. The van der Waals surface area contributed by atoms with Gasteiger partial charge >= 0.3 is 177 Å². The smallest absolute Gasteiger partial charge is 0.870 e. The van der Waals surface area contributed by atoms with E-state index in [-0.39, 0.29) is 231 Å². The molecule has 0 rings (SSSR count). The summed E-state index contributed by atoms with van der Waals surface area (Å²) < 4.78 is 0. The van der Waals surface area contributed by atoms with Gasteiger partial charge in [0, 0.05) is 21.1 Å². The predicted molar refractivity (Wildman–Crippen MR) is 11.6 cm³/mol. The molecule has 0 aliphatic heterocycles. The van der Waals surface area contributed by atoms with Crippen molar-refractivity contribution < 1.29 is 231 Å². The van der Waals surface area contributed by atoms with Gasteiger partial charge in [0.1, 0.15) is 0 Å². The van der Waals surface area contributed by atoms with Crippen LogP contribution < -0.4 is 177 Å². The first-order chi connectivity index (χ1) is 0. The van der Waals surface area contributed by atoms with Gasteiger partial charge in [-0.15, -0.1) is 0 Å². The Labute approximate surface area is 225 Å². The molecule has 0 heterocycles. The molecule has 6 N–H and O–H groups in total. The molecule has 0 amide bonds. The first-order valence-corrected chi connectivity index (χ1v) is 0. The van der Waals surface area contributed by atoms with E-state index in [2.05, 4.69) is 0 Å². The SMILES string of the molecule is [Na+].[Na+].[Na+].[Na+].[Na+].[Na+].[OH-].[OH-].[OH-].[OH-].[OH-].[OH-].[Pt]. The minimum atomic E-state index is 0. The van der Waals surface area contributed by atoms with Gasteiger partial charge in [-0.1, -0.05) is 0 Å². The molecule has 0 saturated carbocycles. The monoisotopic (exact) mass is 435 g/mol. The van der Waals surface area contributed by atoms with Gasteiger partial charge < -0.3 is 32.9 Å². The van der Waals surface area contributed by atoms with Crippen LogP contribution in [0.5, 0.6) is 0 Å². The molecule has 0 fully saturated rings. The average Bonchev–Trinajstić information content (AvgIpc) is 0. The van der Waals surface area contributed by atoms with Crippen LogP contribution in [0.15, 0.2) is 0 Å². The number of rotatable bonds is 0. The maximum atomic E-state index is 0. The molecule has 0 aliphatic carbocycles. The van der Waals surface area contributed by atoms with Crippen LogP contribution in [-0.2, 0) is 21.1 Å². The second-order valence-electron chi connectivity index (χ2n) is 0. The zero-order chi connectivity index (χ0) is 0. The summed E-state index contributed by atoms with van der Waals surface area (Å²) in [6.45, 7) is 0. The molecule has 0 aromatic rings. The van der Waals surface area contributed by atoms with Gasteiger partial charge in [-0.25, -0.2) is 0 Å². The molecule has 0 spiro atoms. The van der Waals surface area contributed by atoms with Crippen molar-refractivity contribution in [3.8, 4) is 0 Å². The predicted octanol–water partition coefficient (Wildman–Crippen LogP) is -19.0. The van der Waals surface area contributed by atoms with E-state index in [0.29, 0.717) is 0 Å². The summed E-state index contributed by atoms with van der Waals surface area (Å²) in [5.74, 6) is 0. The zero-order valence-electron chi connectivity index (χ0n) is 9.00. The summed E-state index contributed by atoms with van der Waals surface area (Å²) in [4.78, 5) is 0. The summed E-state index contributed by atoms with van der Waals surface area (Å²) in [6.07, 6.45) is 0. The normalized spacial score (nSPS) is 0. The molecule has 0 bridgehead atoms. The van der Waals surface area contributed by atoms with Crippen LogP contribution in [0.1, 0.15) is 0 Å². The standard InChI is InChI=1S/6Na.6H2O.Pt/h;;;;;;6*1H2;/q6*+1;;;;;;;/p-6. The Hall–Kier alpha value is 6.45. The molecule has 13 heteroatoms. The fraction of sp³-hybridized carbons (Fsp3) is 0. The third-order valence-electron chi connectivity index (χ3n) is 0. The van der Waals surface area contributed by atoms with E-state index < -0.39 is 0 Å². The topological polar surface area (TPSA) is 180 Å². The Morgan fingerprint density at radius 2 is 0.231 bits per heavy atom. The maximum absolute atomic E-state index is 0. The van der Waals surface area contributed by atoms with Crippen LogP contribution in [0.3, 0.4) is 0 Å². The van der Waals surface area contributed by atoms with Crippen molar-refractivity contribution in [1.29, 1.82) is 0 Å². The Balaban J connectivity index is 0. The van der Waals surface area contributed by atoms with Gasteiger partial charge in [-0.2, -0.15) is 0 Å². The summed E-state index contributed by atoms with van der Waals surface area (Å²) in [5.41, 5.74) is 0. The van der Waals surface area contributed by atoms with E-state index in [4.69, 9.17) is 0 Å².